The topological polar surface area (TPSA) is 121 Å². The van der Waals surface area contributed by atoms with Crippen molar-refractivity contribution in [3.8, 4) is 0 Å². The van der Waals surface area contributed by atoms with E-state index in [-0.39, 0.29) is 40.2 Å². The molecule has 4 rings (SSSR count). The number of nitrogens with zero attached hydrogens (tertiary/aromatic N) is 2. The molecule has 0 saturated carbocycles. The van der Waals surface area contributed by atoms with E-state index in [1.807, 2.05) is 5.43 Å². The third-order valence-corrected chi connectivity index (χ3v) is 8.27. The summed E-state index contributed by atoms with van der Waals surface area (Å²) in [6.07, 6.45) is 1.14. The average molecular weight is 638 g/mol. The zero-order chi connectivity index (χ0) is 29.6. The number of carbonyl (C=O) groups excluding carboxylic acids is 2. The van der Waals surface area contributed by atoms with Crippen LogP contribution in [0.15, 0.2) is 93.3 Å². The highest BCUT2D eigenvalue weighted by molar-refractivity contribution is 7.89. The van der Waals surface area contributed by atoms with Gasteiger partial charge in [0.05, 0.1) is 27.7 Å². The Morgan fingerprint density at radius 2 is 1.59 bits per heavy atom. The van der Waals surface area contributed by atoms with Gasteiger partial charge in [-0.2, -0.15) is 9.41 Å². The molecule has 0 aliphatic carbocycles. The molecule has 4 aromatic rings. The number of anilines is 1. The van der Waals surface area contributed by atoms with Crippen molar-refractivity contribution >= 4 is 68.5 Å². The first-order valence-electron chi connectivity index (χ1n) is 11.7. The summed E-state index contributed by atoms with van der Waals surface area (Å²) in [6, 6.07) is 18.5. The molecule has 212 valence electrons. The van der Waals surface area contributed by atoms with Gasteiger partial charge in [-0.3, -0.25) is 9.59 Å². The van der Waals surface area contributed by atoms with Crippen LogP contribution >= 0.6 is 34.8 Å². The number of hydrazone groups is 1. The van der Waals surface area contributed by atoms with Crippen molar-refractivity contribution in [2.75, 3.05) is 5.32 Å². The molecular weight excluding hydrogens is 618 g/mol. The lowest BCUT2D eigenvalue weighted by Crippen LogP contribution is -2.32. The molecule has 0 fully saturated rings. The summed E-state index contributed by atoms with van der Waals surface area (Å²) in [7, 11) is -4.01. The fraction of sp³-hybridized carbons (Fsp3) is 0.0741. The molecule has 0 unspecified atom stereocenters. The number of hydrogen-bond donors (Lipinski definition) is 2. The van der Waals surface area contributed by atoms with Gasteiger partial charge >= 0.3 is 11.8 Å². The Morgan fingerprint density at radius 3 is 2.27 bits per heavy atom. The van der Waals surface area contributed by atoms with Crippen LogP contribution in [0.4, 0.5) is 10.1 Å². The van der Waals surface area contributed by atoms with Crippen molar-refractivity contribution in [3.63, 3.8) is 0 Å². The van der Waals surface area contributed by atoms with Crippen LogP contribution in [0.3, 0.4) is 0 Å². The molecule has 0 aliphatic heterocycles. The van der Waals surface area contributed by atoms with E-state index in [1.165, 1.54) is 46.8 Å². The summed E-state index contributed by atoms with van der Waals surface area (Å²) in [4.78, 5) is 24.0. The highest BCUT2D eigenvalue weighted by atomic mass is 35.5. The van der Waals surface area contributed by atoms with Gasteiger partial charge in [-0.1, -0.05) is 40.9 Å². The molecule has 9 nitrogen and oxygen atoms in total. The Hall–Kier alpha value is -3.74. The van der Waals surface area contributed by atoms with Gasteiger partial charge in [-0.05, 0) is 78.4 Å². The number of amides is 2. The van der Waals surface area contributed by atoms with E-state index in [9.17, 15) is 22.4 Å². The molecule has 14 heteroatoms. The summed E-state index contributed by atoms with van der Waals surface area (Å²) in [5.41, 5.74) is 2.87. The van der Waals surface area contributed by atoms with Crippen molar-refractivity contribution in [3.05, 3.63) is 117 Å². The number of rotatable bonds is 9. The number of benzene rings is 3. The van der Waals surface area contributed by atoms with Crippen LogP contribution < -0.4 is 10.7 Å². The third kappa shape index (κ3) is 8.15. The average Bonchev–Trinajstić information content (AvgIpc) is 3.39. The van der Waals surface area contributed by atoms with Crippen LogP contribution in [-0.2, 0) is 32.7 Å². The van der Waals surface area contributed by atoms with E-state index in [0.717, 1.165) is 18.3 Å². The van der Waals surface area contributed by atoms with E-state index in [2.05, 4.69) is 10.4 Å². The van der Waals surface area contributed by atoms with E-state index >= 15 is 0 Å². The van der Waals surface area contributed by atoms with Gasteiger partial charge in [0.2, 0.25) is 10.0 Å². The molecule has 3 aromatic carbocycles. The van der Waals surface area contributed by atoms with Crippen molar-refractivity contribution in [1.82, 2.24) is 9.73 Å². The molecule has 1 heterocycles. The van der Waals surface area contributed by atoms with Crippen LogP contribution in [0, 0.1) is 5.82 Å². The maximum absolute atomic E-state index is 13.5. The van der Waals surface area contributed by atoms with E-state index in [1.54, 1.807) is 24.3 Å². The minimum atomic E-state index is -4.01. The minimum absolute atomic E-state index is 0.0249. The summed E-state index contributed by atoms with van der Waals surface area (Å²) < 4.78 is 46.9. The zero-order valence-corrected chi connectivity index (χ0v) is 23.9. The number of halogens is 4. The first-order valence-corrected chi connectivity index (χ1v) is 14.3. The smallest absolute Gasteiger partial charge is 0.329 e. The van der Waals surface area contributed by atoms with Crippen molar-refractivity contribution < 1.29 is 26.8 Å². The second kappa shape index (κ2) is 13.3. The summed E-state index contributed by atoms with van der Waals surface area (Å²) in [5.74, 6) is -2.13. The maximum atomic E-state index is 13.5. The predicted molar refractivity (Wildman–Crippen MR) is 154 cm³/mol. The lowest BCUT2D eigenvalue weighted by Gasteiger charge is -2.22. The molecule has 0 saturated heterocycles. The number of hydrogen-bond acceptors (Lipinski definition) is 6. The van der Waals surface area contributed by atoms with Crippen molar-refractivity contribution in [1.29, 1.82) is 0 Å². The number of sulfonamides is 1. The fourth-order valence-corrected chi connectivity index (χ4v) is 5.31. The Balaban J connectivity index is 1.46. The lowest BCUT2D eigenvalue weighted by atomic mass is 10.2. The standard InChI is InChI=1S/C27H20Cl3FN4O5S/c28-18-2-10-23(11-3-18)41(38,39)35(15-17-1-12-24(29)25(30)13-17)16-22-9-8-21(40-22)14-32-34-27(37)26(36)33-20-6-4-19(31)5-7-20/h1-14H,15-16H2,(H,33,36)(H,34,37)/b32-14+. The van der Waals surface area contributed by atoms with E-state index < -0.39 is 27.7 Å². The third-order valence-electron chi connectivity index (χ3n) is 5.48. The molecule has 2 amide bonds. The number of nitrogens with one attached hydrogen (secondary N) is 2. The highest BCUT2D eigenvalue weighted by Crippen LogP contribution is 2.27. The van der Waals surface area contributed by atoms with Crippen molar-refractivity contribution in [2.45, 2.75) is 18.0 Å². The molecule has 1 aromatic heterocycles. The quantitative estimate of drug-likeness (QED) is 0.135. The molecule has 0 radical (unpaired) electrons. The van der Waals surface area contributed by atoms with Gasteiger partial charge in [0.25, 0.3) is 0 Å². The Kier molecular flexibility index (Phi) is 9.79. The van der Waals surface area contributed by atoms with Gasteiger partial charge in [0, 0.05) is 17.3 Å². The zero-order valence-electron chi connectivity index (χ0n) is 20.9. The van der Waals surface area contributed by atoms with Crippen LogP contribution in [0.5, 0.6) is 0 Å². The maximum Gasteiger partial charge on any atom is 0.329 e. The van der Waals surface area contributed by atoms with Crippen LogP contribution in [-0.4, -0.2) is 30.8 Å². The highest BCUT2D eigenvalue weighted by Gasteiger charge is 2.26. The van der Waals surface area contributed by atoms with Crippen LogP contribution in [0.1, 0.15) is 17.1 Å². The number of carbonyl (C=O) groups is 2. The minimum Gasteiger partial charge on any atom is -0.459 e. The Bertz CT molecular complexity index is 1690. The van der Waals surface area contributed by atoms with Crippen LogP contribution in [0.25, 0.3) is 0 Å². The Labute approximate surface area is 249 Å². The second-order valence-corrected chi connectivity index (χ2v) is 11.6. The summed E-state index contributed by atoms with van der Waals surface area (Å²) in [5, 5.41) is 6.98. The monoisotopic (exact) mass is 636 g/mol. The summed E-state index contributed by atoms with van der Waals surface area (Å²) in [6.45, 7) is -0.212. The first-order chi connectivity index (χ1) is 19.5. The number of furan rings is 1. The largest absolute Gasteiger partial charge is 0.459 e. The van der Waals surface area contributed by atoms with Crippen LogP contribution in [0.2, 0.25) is 15.1 Å². The van der Waals surface area contributed by atoms with Gasteiger partial charge in [-0.15, -0.1) is 0 Å². The molecule has 2 N–H and O–H groups in total. The second-order valence-electron chi connectivity index (χ2n) is 8.44. The predicted octanol–water partition coefficient (Wildman–Crippen LogP) is 5.86. The molecule has 0 atom stereocenters. The van der Waals surface area contributed by atoms with Gasteiger partial charge in [0.15, 0.2) is 0 Å². The normalized spacial score (nSPS) is 11.6. The first kappa shape index (κ1) is 30.2. The molecule has 0 aliphatic rings. The Morgan fingerprint density at radius 1 is 0.878 bits per heavy atom. The SMILES string of the molecule is O=C(N/N=C/c1ccc(CN(Cc2ccc(Cl)c(Cl)c2)S(=O)(=O)c2ccc(Cl)cc2)o1)C(=O)Nc1ccc(F)cc1. The van der Waals surface area contributed by atoms with E-state index in [0.29, 0.717) is 15.6 Å². The van der Waals surface area contributed by atoms with E-state index in [4.69, 9.17) is 39.2 Å². The summed E-state index contributed by atoms with van der Waals surface area (Å²) >= 11 is 18.1. The van der Waals surface area contributed by atoms with Crippen molar-refractivity contribution in [2.24, 2.45) is 5.10 Å². The van der Waals surface area contributed by atoms with Gasteiger partial charge in [-0.25, -0.2) is 18.2 Å². The molecule has 0 spiro atoms. The molecule has 0 bridgehead atoms. The fourth-order valence-electron chi connectivity index (χ4n) is 3.47. The molecular formula is C27H20Cl3FN4O5S. The lowest BCUT2D eigenvalue weighted by molar-refractivity contribution is -0.136. The van der Waals surface area contributed by atoms with Gasteiger partial charge in [0.1, 0.15) is 17.3 Å². The molecule has 41 heavy (non-hydrogen) atoms. The van der Waals surface area contributed by atoms with Gasteiger partial charge < -0.3 is 9.73 Å².